The predicted molar refractivity (Wildman–Crippen MR) is 63.3 cm³/mol. The highest BCUT2D eigenvalue weighted by Crippen LogP contribution is 2.09. The fourth-order valence-corrected chi connectivity index (χ4v) is 1.34. The molecule has 0 aromatic heterocycles. The first-order valence-corrected chi connectivity index (χ1v) is 5.42. The zero-order valence-electron chi connectivity index (χ0n) is 9.44. The van der Waals surface area contributed by atoms with Crippen LogP contribution in [-0.4, -0.2) is 23.6 Å². The molecule has 4 N–H and O–H groups in total. The summed E-state index contributed by atoms with van der Waals surface area (Å²) in [6, 6.07) is 6.35. The van der Waals surface area contributed by atoms with Crippen LogP contribution in [0.15, 0.2) is 24.3 Å². The van der Waals surface area contributed by atoms with Gasteiger partial charge in [0.2, 0.25) is 0 Å². The van der Waals surface area contributed by atoms with Crippen LogP contribution in [-0.2, 0) is 0 Å². The first-order chi connectivity index (χ1) is 7.59. The molecule has 1 unspecified atom stereocenters. The number of phenols is 1. The highest BCUT2D eigenvalue weighted by Gasteiger charge is 2.04. The Morgan fingerprint density at radius 2 is 2.06 bits per heavy atom. The molecule has 0 radical (unpaired) electrons. The molecule has 16 heavy (non-hydrogen) atoms. The smallest absolute Gasteiger partial charge is 0.251 e. The minimum atomic E-state index is -0.121. The maximum absolute atomic E-state index is 11.6. The van der Waals surface area contributed by atoms with E-state index in [4.69, 9.17) is 10.8 Å². The second-order valence-electron chi connectivity index (χ2n) is 3.92. The number of aromatic hydroxyl groups is 1. The van der Waals surface area contributed by atoms with Crippen LogP contribution in [0.1, 0.15) is 30.1 Å². The van der Waals surface area contributed by atoms with Gasteiger partial charge in [-0.3, -0.25) is 4.79 Å². The van der Waals surface area contributed by atoms with Crippen LogP contribution < -0.4 is 11.1 Å². The molecule has 1 amide bonds. The van der Waals surface area contributed by atoms with Gasteiger partial charge in [-0.1, -0.05) is 0 Å². The number of carbonyl (C=O) groups is 1. The van der Waals surface area contributed by atoms with E-state index in [1.165, 1.54) is 12.1 Å². The van der Waals surface area contributed by atoms with Gasteiger partial charge in [0.1, 0.15) is 5.75 Å². The maximum atomic E-state index is 11.6. The zero-order valence-corrected chi connectivity index (χ0v) is 9.44. The van der Waals surface area contributed by atoms with Crippen LogP contribution in [0.2, 0.25) is 0 Å². The van der Waals surface area contributed by atoms with Crippen molar-refractivity contribution in [2.24, 2.45) is 5.73 Å². The lowest BCUT2D eigenvalue weighted by Gasteiger charge is -2.06. The van der Waals surface area contributed by atoms with E-state index in [1.807, 2.05) is 6.92 Å². The van der Waals surface area contributed by atoms with Crippen LogP contribution in [0, 0.1) is 0 Å². The van der Waals surface area contributed by atoms with Gasteiger partial charge in [0.05, 0.1) is 0 Å². The SMILES string of the molecule is CC(N)CCCNC(=O)c1ccc(O)cc1. The van der Waals surface area contributed by atoms with Crippen LogP contribution >= 0.6 is 0 Å². The molecule has 4 heteroatoms. The second kappa shape index (κ2) is 6.12. The van der Waals surface area contributed by atoms with Crippen LogP contribution in [0.5, 0.6) is 5.75 Å². The van der Waals surface area contributed by atoms with Crippen LogP contribution in [0.4, 0.5) is 0 Å². The van der Waals surface area contributed by atoms with Crippen molar-refractivity contribution in [3.05, 3.63) is 29.8 Å². The van der Waals surface area contributed by atoms with Gasteiger partial charge in [0, 0.05) is 18.2 Å². The molecule has 0 saturated carbocycles. The molecular formula is C12H18N2O2. The Balaban J connectivity index is 2.32. The third-order valence-corrected chi connectivity index (χ3v) is 2.25. The average Bonchev–Trinajstić information content (AvgIpc) is 2.25. The number of hydrogen-bond acceptors (Lipinski definition) is 3. The topological polar surface area (TPSA) is 75.3 Å². The molecule has 0 heterocycles. The summed E-state index contributed by atoms with van der Waals surface area (Å²) in [6.07, 6.45) is 1.78. The maximum Gasteiger partial charge on any atom is 0.251 e. The van der Waals surface area contributed by atoms with Crippen molar-refractivity contribution in [3.63, 3.8) is 0 Å². The van der Waals surface area contributed by atoms with Crippen molar-refractivity contribution in [1.29, 1.82) is 0 Å². The number of nitrogens with one attached hydrogen (secondary N) is 1. The van der Waals surface area contributed by atoms with E-state index < -0.39 is 0 Å². The lowest BCUT2D eigenvalue weighted by Crippen LogP contribution is -2.26. The van der Waals surface area contributed by atoms with Crippen molar-refractivity contribution in [3.8, 4) is 5.75 Å². The summed E-state index contributed by atoms with van der Waals surface area (Å²) in [5, 5.41) is 11.9. The fraction of sp³-hybridized carbons (Fsp3) is 0.417. The predicted octanol–water partition coefficient (Wildman–Crippen LogP) is 1.25. The highest BCUT2D eigenvalue weighted by atomic mass is 16.3. The molecule has 1 aromatic rings. The number of phenolic OH excluding ortho intramolecular Hbond substituents is 1. The van der Waals surface area contributed by atoms with Gasteiger partial charge in [-0.25, -0.2) is 0 Å². The lowest BCUT2D eigenvalue weighted by atomic mass is 10.2. The van der Waals surface area contributed by atoms with Gasteiger partial charge >= 0.3 is 0 Å². The van der Waals surface area contributed by atoms with Crippen molar-refractivity contribution in [1.82, 2.24) is 5.32 Å². The van der Waals surface area contributed by atoms with E-state index in [9.17, 15) is 4.79 Å². The molecule has 1 aromatic carbocycles. The summed E-state index contributed by atoms with van der Waals surface area (Å²) in [6.45, 7) is 2.57. The number of hydrogen-bond donors (Lipinski definition) is 3. The first kappa shape index (κ1) is 12.5. The van der Waals surface area contributed by atoms with Crippen molar-refractivity contribution >= 4 is 5.91 Å². The molecule has 1 atom stereocenters. The second-order valence-corrected chi connectivity index (χ2v) is 3.92. The molecule has 0 fully saturated rings. The summed E-state index contributed by atoms with van der Waals surface area (Å²) < 4.78 is 0. The van der Waals surface area contributed by atoms with Gasteiger partial charge in [-0.2, -0.15) is 0 Å². The summed E-state index contributed by atoms with van der Waals surface area (Å²) in [5.41, 5.74) is 6.15. The minimum Gasteiger partial charge on any atom is -0.508 e. The Morgan fingerprint density at radius 3 is 2.62 bits per heavy atom. The quantitative estimate of drug-likeness (QED) is 0.656. The third-order valence-electron chi connectivity index (χ3n) is 2.25. The van der Waals surface area contributed by atoms with Gasteiger partial charge in [-0.05, 0) is 44.0 Å². The van der Waals surface area contributed by atoms with Gasteiger partial charge in [-0.15, -0.1) is 0 Å². The summed E-state index contributed by atoms with van der Waals surface area (Å²) in [7, 11) is 0. The number of nitrogens with two attached hydrogens (primary N) is 1. The van der Waals surface area contributed by atoms with E-state index >= 15 is 0 Å². The van der Waals surface area contributed by atoms with Crippen LogP contribution in [0.25, 0.3) is 0 Å². The monoisotopic (exact) mass is 222 g/mol. The minimum absolute atomic E-state index is 0.121. The van der Waals surface area contributed by atoms with Gasteiger partial charge < -0.3 is 16.2 Å². The molecule has 0 saturated heterocycles. The number of amides is 1. The van der Waals surface area contributed by atoms with Gasteiger partial charge in [0.25, 0.3) is 5.91 Å². The standard InChI is InChI=1S/C12H18N2O2/c1-9(13)3-2-8-14-12(16)10-4-6-11(15)7-5-10/h4-7,9,15H,2-3,8,13H2,1H3,(H,14,16). The molecule has 0 aliphatic heterocycles. The molecule has 0 aliphatic rings. The summed E-state index contributed by atoms with van der Waals surface area (Å²) in [4.78, 5) is 11.6. The molecule has 0 bridgehead atoms. The normalized spacial score (nSPS) is 12.1. The Kier molecular flexibility index (Phi) is 4.79. The van der Waals surface area contributed by atoms with Crippen molar-refractivity contribution < 1.29 is 9.90 Å². The fourth-order valence-electron chi connectivity index (χ4n) is 1.34. The molecule has 0 aliphatic carbocycles. The molecule has 1 rings (SSSR count). The van der Waals surface area contributed by atoms with E-state index in [0.717, 1.165) is 12.8 Å². The van der Waals surface area contributed by atoms with Gasteiger partial charge in [0.15, 0.2) is 0 Å². The largest absolute Gasteiger partial charge is 0.508 e. The lowest BCUT2D eigenvalue weighted by molar-refractivity contribution is 0.0953. The molecule has 88 valence electrons. The third kappa shape index (κ3) is 4.31. The number of benzene rings is 1. The number of rotatable bonds is 5. The van der Waals surface area contributed by atoms with E-state index in [-0.39, 0.29) is 17.7 Å². The summed E-state index contributed by atoms with van der Waals surface area (Å²) in [5.74, 6) is 0.0400. The van der Waals surface area contributed by atoms with Crippen molar-refractivity contribution in [2.75, 3.05) is 6.54 Å². The average molecular weight is 222 g/mol. The Labute approximate surface area is 95.5 Å². The Morgan fingerprint density at radius 1 is 1.44 bits per heavy atom. The van der Waals surface area contributed by atoms with Crippen molar-refractivity contribution in [2.45, 2.75) is 25.8 Å². The number of carbonyl (C=O) groups excluding carboxylic acids is 1. The molecular weight excluding hydrogens is 204 g/mol. The molecule has 4 nitrogen and oxygen atoms in total. The first-order valence-electron chi connectivity index (χ1n) is 5.42. The van der Waals surface area contributed by atoms with Crippen LogP contribution in [0.3, 0.4) is 0 Å². The van der Waals surface area contributed by atoms with E-state index in [1.54, 1.807) is 12.1 Å². The Hall–Kier alpha value is -1.55. The highest BCUT2D eigenvalue weighted by molar-refractivity contribution is 5.94. The zero-order chi connectivity index (χ0) is 12.0. The summed E-state index contributed by atoms with van der Waals surface area (Å²) >= 11 is 0. The van der Waals surface area contributed by atoms with E-state index in [2.05, 4.69) is 5.32 Å². The molecule has 0 spiro atoms. The van der Waals surface area contributed by atoms with E-state index in [0.29, 0.717) is 12.1 Å². The Bertz CT molecular complexity index is 333.